The van der Waals surface area contributed by atoms with Gasteiger partial charge in [-0.2, -0.15) is 0 Å². The van der Waals surface area contributed by atoms with E-state index in [4.69, 9.17) is 76.8 Å². The van der Waals surface area contributed by atoms with Crippen LogP contribution in [0.4, 0.5) is 0 Å². The monoisotopic (exact) mass is 1410 g/mol. The quantitative estimate of drug-likeness (QED) is 0.0297. The van der Waals surface area contributed by atoms with Gasteiger partial charge >= 0.3 is 5.97 Å². The predicted molar refractivity (Wildman–Crippen MR) is 303 cm³/mol. The van der Waals surface area contributed by atoms with Crippen LogP contribution in [0.3, 0.4) is 0 Å². The maximum atomic E-state index is 12.7. The molecule has 0 aromatic heterocycles. The van der Waals surface area contributed by atoms with E-state index in [-0.39, 0.29) is 0 Å². The minimum absolute atomic E-state index is 0.507. The van der Waals surface area contributed by atoms with Crippen molar-refractivity contribution >= 4 is 5.97 Å². The van der Waals surface area contributed by atoms with Crippen molar-refractivity contribution in [2.45, 2.75) is 268 Å². The minimum Gasteiger partial charge on any atom is -0.477 e. The normalized spacial score (nSPS) is 47.7. The van der Waals surface area contributed by atoms with Crippen molar-refractivity contribution < 1.29 is 193 Å². The Morgan fingerprint density at radius 1 is 0.500 bits per heavy atom. The first kappa shape index (κ1) is 81.3. The van der Waals surface area contributed by atoms with Crippen LogP contribution in [-0.2, 0) is 75.8 Å². The van der Waals surface area contributed by atoms with Crippen molar-refractivity contribution in [1.82, 2.24) is 0 Å². The highest BCUT2D eigenvalue weighted by Gasteiger charge is 2.58. The highest BCUT2D eigenvalue weighted by atomic mass is 16.8. The fourth-order valence-electron chi connectivity index (χ4n) is 12.2. The van der Waals surface area contributed by atoms with Crippen LogP contribution < -0.4 is 5.73 Å². The molecule has 0 amide bonds. The van der Waals surface area contributed by atoms with Gasteiger partial charge in [0.05, 0.1) is 102 Å². The lowest BCUT2D eigenvalue weighted by atomic mass is 9.88. The number of hydrogen-bond acceptors (Lipinski definition) is 39. The molecule has 7 heterocycles. The van der Waals surface area contributed by atoms with Gasteiger partial charge in [-0.05, 0) is 13.8 Å². The standard InChI is InChI=1S/C56H99NO39/c1-16-20(5)85-26(10-61)44(32(16)68)92-49-17(2)33(69)45(27(11-62)88-49)93-51(90-29(19(4)64)14-83-52-42(78)39(75)36(72)24(8-59)86-52)23(67)13-82-54-48(41(77)37(73)25(9-60)87-54)95-50-18(3)34(70)46(28(12-63)89-50)94-53-43(79)40(76)38(74)30(91-53)15-84-56(55(80)81)6-21(65)31(57)47(96-56)35(71)22(66)7-58/h16-54,58-79H,6-15,57H2,1-5H3,(H,80,81)/t16-,17+,18+,19+,20+,21-,22-,23-,24?,25-,26?,27?,28?,29?,30?,31-,32?,33?,34?,35-,36-,37-,38+,39?,40?,41?,42-,43+,44-,45-,46-,47?,48?,49+,50+,51+,52+,53+,54+,56-/m1/s1. The lowest BCUT2D eigenvalue weighted by Gasteiger charge is -2.49. The Balaban J connectivity index is 1.08. The van der Waals surface area contributed by atoms with E-state index < -0.39 is 316 Å². The van der Waals surface area contributed by atoms with Crippen molar-refractivity contribution in [2.24, 2.45) is 23.5 Å². The van der Waals surface area contributed by atoms with Crippen LogP contribution in [0.15, 0.2) is 0 Å². The predicted octanol–water partition coefficient (Wildman–Crippen LogP) is -13.7. The zero-order valence-electron chi connectivity index (χ0n) is 53.0. The van der Waals surface area contributed by atoms with Crippen LogP contribution in [0.25, 0.3) is 0 Å². The Labute approximate surface area is 548 Å². The van der Waals surface area contributed by atoms with E-state index in [2.05, 4.69) is 0 Å². The summed E-state index contributed by atoms with van der Waals surface area (Å²) in [7, 11) is 0. The van der Waals surface area contributed by atoms with Crippen molar-refractivity contribution in [3.63, 3.8) is 0 Å². The molecular formula is C56H99NO39. The van der Waals surface area contributed by atoms with Gasteiger partial charge in [0.1, 0.15) is 140 Å². The molecule has 7 aliphatic heterocycles. The van der Waals surface area contributed by atoms with Gasteiger partial charge in [-0.3, -0.25) is 0 Å². The summed E-state index contributed by atoms with van der Waals surface area (Å²) in [4.78, 5) is 12.7. The van der Waals surface area contributed by atoms with Crippen LogP contribution in [0.5, 0.6) is 0 Å². The fourth-order valence-corrected chi connectivity index (χ4v) is 12.2. The molecule has 25 N–H and O–H groups in total. The van der Waals surface area contributed by atoms with E-state index in [9.17, 15) is 122 Å². The first-order chi connectivity index (χ1) is 45.2. The molecule has 96 heavy (non-hydrogen) atoms. The summed E-state index contributed by atoms with van der Waals surface area (Å²) in [6.45, 7) is -1.08. The smallest absolute Gasteiger partial charge is 0.364 e. The van der Waals surface area contributed by atoms with Gasteiger partial charge in [-0.15, -0.1) is 0 Å². The number of carbonyl (C=O) groups is 1. The number of carboxylic acids is 1. The third kappa shape index (κ3) is 17.9. The molecule has 0 aromatic rings. The average Bonchev–Trinajstić information content (AvgIpc) is 0.786. The Kier molecular flexibility index (Phi) is 30.0. The molecule has 0 radical (unpaired) electrons. The summed E-state index contributed by atoms with van der Waals surface area (Å²) in [5.74, 6) is -7.81. The van der Waals surface area contributed by atoms with E-state index in [0.717, 1.165) is 0 Å². The van der Waals surface area contributed by atoms with Crippen LogP contribution in [0, 0.1) is 17.8 Å². The van der Waals surface area contributed by atoms with Crippen molar-refractivity contribution in [3.05, 3.63) is 0 Å². The molecular weight excluding hydrogens is 1310 g/mol. The van der Waals surface area contributed by atoms with Gasteiger partial charge in [0.2, 0.25) is 0 Å². The van der Waals surface area contributed by atoms with Crippen molar-refractivity contribution in [3.8, 4) is 0 Å². The van der Waals surface area contributed by atoms with Gasteiger partial charge in [-0.1, -0.05) is 20.8 Å². The second kappa shape index (κ2) is 35.4. The maximum Gasteiger partial charge on any atom is 0.364 e. The minimum atomic E-state index is -2.90. The van der Waals surface area contributed by atoms with Gasteiger partial charge in [0.15, 0.2) is 37.7 Å². The summed E-state index contributed by atoms with van der Waals surface area (Å²) in [5, 5.41) is 248. The summed E-state index contributed by atoms with van der Waals surface area (Å²) in [5.41, 5.74) is 5.93. The van der Waals surface area contributed by atoms with Gasteiger partial charge in [-0.25, -0.2) is 4.79 Å². The fraction of sp³-hybridized carbons (Fsp3) is 0.982. The topological polar surface area (TPSA) is 647 Å². The van der Waals surface area contributed by atoms with Crippen molar-refractivity contribution in [2.75, 3.05) is 59.5 Å². The molecule has 7 rings (SSSR count). The highest BCUT2D eigenvalue weighted by molar-refractivity contribution is 5.76. The Morgan fingerprint density at radius 3 is 1.49 bits per heavy atom. The maximum absolute atomic E-state index is 12.7. The molecule has 40 nitrogen and oxygen atoms in total. The third-order valence-corrected chi connectivity index (χ3v) is 18.7. The largest absolute Gasteiger partial charge is 0.477 e. The summed E-state index contributed by atoms with van der Waals surface area (Å²) >= 11 is 0. The van der Waals surface area contributed by atoms with Crippen LogP contribution in [0.1, 0.15) is 41.0 Å². The van der Waals surface area contributed by atoms with E-state index in [1.54, 1.807) is 13.8 Å². The van der Waals surface area contributed by atoms with E-state index in [1.165, 1.54) is 20.8 Å². The first-order valence-corrected chi connectivity index (χ1v) is 31.5. The average molecular weight is 1410 g/mol. The summed E-state index contributed by atoms with van der Waals surface area (Å²) in [6.07, 6.45) is -62.7. The van der Waals surface area contributed by atoms with Crippen LogP contribution in [-0.4, -0.2) is 409 Å². The third-order valence-electron chi connectivity index (χ3n) is 18.7. The molecule has 40 heteroatoms. The second-order valence-electron chi connectivity index (χ2n) is 25.4. The van der Waals surface area contributed by atoms with Crippen LogP contribution in [0.2, 0.25) is 0 Å². The highest BCUT2D eigenvalue weighted by Crippen LogP contribution is 2.40. The zero-order chi connectivity index (χ0) is 71.3. The Morgan fingerprint density at radius 2 is 0.948 bits per heavy atom. The molecule has 0 aromatic carbocycles. The molecule has 0 spiro atoms. The molecule has 7 saturated heterocycles. The Bertz CT molecular complexity index is 2320. The molecule has 40 atom stereocenters. The van der Waals surface area contributed by atoms with Crippen LogP contribution >= 0.6 is 0 Å². The second-order valence-corrected chi connectivity index (χ2v) is 25.4. The van der Waals surface area contributed by atoms with Gasteiger partial charge in [0.25, 0.3) is 5.79 Å². The number of aliphatic hydroxyl groups is 22. The molecule has 0 saturated carbocycles. The number of ether oxygens (including phenoxy) is 15. The van der Waals surface area contributed by atoms with E-state index >= 15 is 0 Å². The number of rotatable bonds is 30. The molecule has 7 fully saturated rings. The molecule has 0 aliphatic carbocycles. The number of carboxylic acid groups (broad SMARTS) is 1. The zero-order valence-corrected chi connectivity index (χ0v) is 53.0. The lowest BCUT2D eigenvalue weighted by molar-refractivity contribution is -0.383. The first-order valence-electron chi connectivity index (χ1n) is 31.5. The molecule has 14 unspecified atom stereocenters. The number of nitrogens with two attached hydrogens (primary N) is 1. The summed E-state index contributed by atoms with van der Waals surface area (Å²) < 4.78 is 87.9. The molecule has 562 valence electrons. The summed E-state index contributed by atoms with van der Waals surface area (Å²) in [6, 6.07) is -1.53. The van der Waals surface area contributed by atoms with E-state index in [0.29, 0.717) is 0 Å². The lowest BCUT2D eigenvalue weighted by Crippen LogP contribution is -2.67. The van der Waals surface area contributed by atoms with Gasteiger partial charge in [0, 0.05) is 24.2 Å². The van der Waals surface area contributed by atoms with Crippen molar-refractivity contribution in [1.29, 1.82) is 0 Å². The van der Waals surface area contributed by atoms with Gasteiger partial charge < -0.3 is 194 Å². The molecule has 7 aliphatic rings. The van der Waals surface area contributed by atoms with E-state index in [1.807, 2.05) is 0 Å². The number of hydrogen-bond donors (Lipinski definition) is 24. The Hall–Kier alpha value is -2.05. The SMILES string of the molecule is C[C@H](O)C(CO[C@H]1OC(CO)[C@@H](O)C(O)[C@H]1O)O[C@@H](O[C@@H]1C(CO)O[C@@H](O[C@@H]2C(CO)O[C@@H](C)[C@@H](C)C2O)[C@@H](C)C1O)[C@H](O)CO[C@H]1O[C@H](CO)[C@@H](O)C(O)C1O[C@@H]1OC(CO)[C@@H](O[C@@H]2OC(CO[C@]3(C(=O)O)C[C@@H](O)[C@@H](N)C([C@H](O)[C@H](O)CO)O3)[C@H](O)C(O)[C@@H]2O)C(O)[C@@H]1C. The number of aliphatic hydroxyl groups excluding tert-OH is 22. The number of aliphatic carboxylic acids is 1. The molecule has 0 bridgehead atoms.